The minimum absolute atomic E-state index is 0.00473. The molecule has 36 heavy (non-hydrogen) atoms. The fourth-order valence-corrected chi connectivity index (χ4v) is 4.31. The number of rotatable bonds is 7. The summed E-state index contributed by atoms with van der Waals surface area (Å²) in [6.07, 6.45) is -1.75. The average molecular weight is 528 g/mol. The number of aryl methyl sites for hydroxylation is 1. The van der Waals surface area contributed by atoms with Crippen molar-refractivity contribution in [2.45, 2.75) is 17.9 Å². The molecule has 1 unspecified atom stereocenters. The molecule has 4 aromatic rings. The highest BCUT2D eigenvalue weighted by Gasteiger charge is 2.25. The Bertz CT molecular complexity index is 1670. The van der Waals surface area contributed by atoms with Crippen LogP contribution in [0.15, 0.2) is 81.5 Å². The molecule has 1 heterocycles. The van der Waals surface area contributed by atoms with Gasteiger partial charge in [-0.1, -0.05) is 41.4 Å². The number of fused-ring (bicyclic) bond motifs is 1. The maximum absolute atomic E-state index is 12.9. The van der Waals surface area contributed by atoms with Crippen LogP contribution in [-0.2, 0) is 10.0 Å². The van der Waals surface area contributed by atoms with Crippen LogP contribution in [0.25, 0.3) is 11.0 Å². The molecule has 1 aromatic heterocycles. The second-order valence-corrected chi connectivity index (χ2v) is 9.83. The third-order valence-corrected chi connectivity index (χ3v) is 6.63. The Labute approximate surface area is 209 Å². The number of non-ortho nitro benzene ring substituents is 1. The Balaban J connectivity index is 1.85. The lowest BCUT2D eigenvalue weighted by Gasteiger charge is -2.14. The molecule has 0 aliphatic heterocycles. The largest absolute Gasteiger partial charge is 0.382 e. The van der Waals surface area contributed by atoms with Crippen molar-refractivity contribution < 1.29 is 18.4 Å². The number of halogens is 1. The van der Waals surface area contributed by atoms with E-state index in [9.17, 15) is 28.4 Å². The van der Waals surface area contributed by atoms with Gasteiger partial charge in [-0.15, -0.1) is 0 Å². The SMILES string of the molecule is Cc1ccc(S(=O)(=O)NN=C(c2nc3ccc(Cl)cc3[nH]c2=O)C(O)c2cccc([N+](=O)[O-])c2)cc1. The van der Waals surface area contributed by atoms with Gasteiger partial charge in [0, 0.05) is 17.2 Å². The lowest BCUT2D eigenvalue weighted by molar-refractivity contribution is -0.385. The molecule has 1 atom stereocenters. The lowest BCUT2D eigenvalue weighted by atomic mass is 10.0. The van der Waals surface area contributed by atoms with Gasteiger partial charge in [-0.05, 0) is 42.8 Å². The Morgan fingerprint density at radius 3 is 2.58 bits per heavy atom. The smallest absolute Gasteiger partial charge is 0.276 e. The number of benzene rings is 3. The van der Waals surface area contributed by atoms with Gasteiger partial charge in [-0.3, -0.25) is 14.9 Å². The molecule has 11 nitrogen and oxygen atoms in total. The molecule has 0 spiro atoms. The number of aliphatic hydroxyl groups excluding tert-OH is 1. The van der Waals surface area contributed by atoms with Crippen molar-refractivity contribution in [1.82, 2.24) is 14.8 Å². The van der Waals surface area contributed by atoms with E-state index in [1.165, 1.54) is 48.5 Å². The Hall–Kier alpha value is -4.13. The highest BCUT2D eigenvalue weighted by molar-refractivity contribution is 7.89. The van der Waals surface area contributed by atoms with Crippen molar-refractivity contribution in [3.05, 3.63) is 109 Å². The van der Waals surface area contributed by atoms with Crippen LogP contribution in [0, 0.1) is 17.0 Å². The number of hydrazone groups is 1. The van der Waals surface area contributed by atoms with Gasteiger partial charge < -0.3 is 10.1 Å². The fraction of sp³-hybridized carbons (Fsp3) is 0.0870. The van der Waals surface area contributed by atoms with Gasteiger partial charge in [0.25, 0.3) is 21.3 Å². The van der Waals surface area contributed by atoms with Crippen LogP contribution in [0.1, 0.15) is 22.9 Å². The summed E-state index contributed by atoms with van der Waals surface area (Å²) in [7, 11) is -4.19. The molecule has 0 aliphatic carbocycles. The number of nitrogens with zero attached hydrogens (tertiary/aromatic N) is 3. The molecular formula is C23H18ClN5O6S. The first-order chi connectivity index (χ1) is 17.0. The first-order valence-electron chi connectivity index (χ1n) is 10.3. The van der Waals surface area contributed by atoms with Crippen LogP contribution < -0.4 is 10.4 Å². The van der Waals surface area contributed by atoms with Crippen molar-refractivity contribution in [3.63, 3.8) is 0 Å². The molecule has 0 aliphatic rings. The summed E-state index contributed by atoms with van der Waals surface area (Å²) >= 11 is 5.97. The van der Waals surface area contributed by atoms with E-state index in [0.29, 0.717) is 10.5 Å². The highest BCUT2D eigenvalue weighted by Crippen LogP contribution is 2.23. The van der Waals surface area contributed by atoms with E-state index >= 15 is 0 Å². The van der Waals surface area contributed by atoms with Crippen LogP contribution >= 0.6 is 11.6 Å². The van der Waals surface area contributed by atoms with Gasteiger partial charge in [-0.2, -0.15) is 18.4 Å². The van der Waals surface area contributed by atoms with Crippen LogP contribution in [-0.4, -0.2) is 34.1 Å². The summed E-state index contributed by atoms with van der Waals surface area (Å²) in [4.78, 5) is 32.2. The number of nitrogens with one attached hydrogen (secondary N) is 2. The van der Waals surface area contributed by atoms with Gasteiger partial charge in [0.05, 0.1) is 20.9 Å². The summed E-state index contributed by atoms with van der Waals surface area (Å²) in [6, 6.07) is 15.5. The van der Waals surface area contributed by atoms with E-state index in [2.05, 4.69) is 15.1 Å². The zero-order chi connectivity index (χ0) is 26.0. The minimum Gasteiger partial charge on any atom is -0.382 e. The Morgan fingerprint density at radius 2 is 1.89 bits per heavy atom. The molecule has 0 fully saturated rings. The van der Waals surface area contributed by atoms with E-state index in [1.807, 2.05) is 4.83 Å². The van der Waals surface area contributed by atoms with Crippen LogP contribution in [0.5, 0.6) is 0 Å². The number of hydrogen-bond acceptors (Lipinski definition) is 8. The molecule has 184 valence electrons. The van der Waals surface area contributed by atoms with Gasteiger partial charge in [-0.25, -0.2) is 4.98 Å². The number of nitro groups is 1. The van der Waals surface area contributed by atoms with Crippen molar-refractivity contribution in [2.24, 2.45) is 5.10 Å². The normalized spacial score (nSPS) is 12.9. The van der Waals surface area contributed by atoms with E-state index in [4.69, 9.17) is 11.6 Å². The second kappa shape index (κ2) is 9.85. The van der Waals surface area contributed by atoms with Crippen molar-refractivity contribution in [2.75, 3.05) is 0 Å². The van der Waals surface area contributed by atoms with Gasteiger partial charge in [0.2, 0.25) is 0 Å². The quantitative estimate of drug-likeness (QED) is 0.188. The fourth-order valence-electron chi connectivity index (χ4n) is 3.32. The van der Waals surface area contributed by atoms with E-state index < -0.39 is 38.0 Å². The number of hydrogen-bond donors (Lipinski definition) is 3. The van der Waals surface area contributed by atoms with Gasteiger partial charge in [0.15, 0.2) is 5.69 Å². The third kappa shape index (κ3) is 5.25. The van der Waals surface area contributed by atoms with Crippen LogP contribution in [0.3, 0.4) is 0 Å². The van der Waals surface area contributed by atoms with Crippen molar-refractivity contribution in [3.8, 4) is 0 Å². The number of nitro benzene ring substituents is 1. The topological polar surface area (TPSA) is 168 Å². The maximum atomic E-state index is 12.9. The maximum Gasteiger partial charge on any atom is 0.276 e. The minimum atomic E-state index is -4.19. The second-order valence-electron chi connectivity index (χ2n) is 7.74. The molecule has 0 saturated carbocycles. The third-order valence-electron chi connectivity index (χ3n) is 5.17. The molecule has 0 radical (unpaired) electrons. The number of aliphatic hydroxyl groups is 1. The Morgan fingerprint density at radius 1 is 1.17 bits per heavy atom. The number of H-pyrrole nitrogens is 1. The monoisotopic (exact) mass is 527 g/mol. The van der Waals surface area contributed by atoms with Gasteiger partial charge >= 0.3 is 0 Å². The van der Waals surface area contributed by atoms with E-state index in [-0.39, 0.29) is 21.7 Å². The predicted octanol–water partition coefficient (Wildman–Crippen LogP) is 3.21. The predicted molar refractivity (Wildman–Crippen MR) is 133 cm³/mol. The summed E-state index contributed by atoms with van der Waals surface area (Å²) in [5, 5.41) is 26.5. The zero-order valence-electron chi connectivity index (χ0n) is 18.5. The molecule has 0 saturated heterocycles. The molecule has 13 heteroatoms. The molecule has 0 bridgehead atoms. The summed E-state index contributed by atoms with van der Waals surface area (Å²) < 4.78 is 25.6. The van der Waals surface area contributed by atoms with Gasteiger partial charge in [0.1, 0.15) is 11.8 Å². The molecule has 0 amide bonds. The van der Waals surface area contributed by atoms with Crippen LogP contribution in [0.2, 0.25) is 5.02 Å². The summed E-state index contributed by atoms with van der Waals surface area (Å²) in [6.45, 7) is 1.79. The first-order valence-corrected chi connectivity index (χ1v) is 12.2. The summed E-state index contributed by atoms with van der Waals surface area (Å²) in [5.41, 5.74) is -0.542. The standard InChI is InChI=1S/C23H18ClN5O6S/c1-13-5-8-17(9-6-13)36(34,35)28-27-20(22(30)14-3-2-4-16(11-14)29(32)33)21-23(31)26-19-12-15(24)7-10-18(19)25-21/h2-12,22,28,30H,1H3,(H,26,31). The molecule has 3 N–H and O–H groups in total. The molecule has 3 aromatic carbocycles. The summed E-state index contributed by atoms with van der Waals surface area (Å²) in [5.74, 6) is 0. The highest BCUT2D eigenvalue weighted by atomic mass is 35.5. The van der Waals surface area contributed by atoms with Crippen LogP contribution in [0.4, 0.5) is 5.69 Å². The number of sulfonamides is 1. The molecule has 4 rings (SSSR count). The Kier molecular flexibility index (Phi) is 6.84. The zero-order valence-corrected chi connectivity index (χ0v) is 20.1. The van der Waals surface area contributed by atoms with E-state index in [1.54, 1.807) is 19.1 Å². The number of aromatic amines is 1. The lowest BCUT2D eigenvalue weighted by Crippen LogP contribution is -2.29. The average Bonchev–Trinajstić information content (AvgIpc) is 2.84. The van der Waals surface area contributed by atoms with Crippen molar-refractivity contribution in [1.29, 1.82) is 0 Å². The van der Waals surface area contributed by atoms with Crippen molar-refractivity contribution >= 4 is 44.1 Å². The molecular weight excluding hydrogens is 510 g/mol. The number of aromatic nitrogens is 2. The van der Waals surface area contributed by atoms with E-state index in [0.717, 1.165) is 11.6 Å². The first kappa shape index (κ1) is 25.0.